The summed E-state index contributed by atoms with van der Waals surface area (Å²) in [6.45, 7) is 4.94. The molecule has 2 saturated heterocycles. The molecule has 7 heteroatoms. The molecule has 0 bridgehead atoms. The molecule has 3 rings (SSSR count). The number of urea groups is 1. The molecule has 0 radical (unpaired) electrons. The molecular formula is C19H27ClN4O2. The Bertz CT molecular complexity index is 668. The molecule has 142 valence electrons. The minimum atomic E-state index is -0.437. The molecule has 0 unspecified atom stereocenters. The van der Waals surface area contributed by atoms with Crippen LogP contribution in [0.2, 0.25) is 5.02 Å². The number of hydrogen-bond acceptors (Lipinski definition) is 4. The third-order valence-corrected chi connectivity index (χ3v) is 5.92. The molecule has 0 aromatic heterocycles. The predicted octanol–water partition coefficient (Wildman–Crippen LogP) is 3.19. The first-order valence-electron chi connectivity index (χ1n) is 9.27. The molecule has 6 nitrogen and oxygen atoms in total. The molecule has 1 aromatic carbocycles. The number of amides is 2. The Morgan fingerprint density at radius 2 is 2.00 bits per heavy atom. The van der Waals surface area contributed by atoms with Crippen molar-refractivity contribution in [3.63, 3.8) is 0 Å². The van der Waals surface area contributed by atoms with Gasteiger partial charge in [0.1, 0.15) is 0 Å². The van der Waals surface area contributed by atoms with Crippen molar-refractivity contribution in [2.24, 2.45) is 16.8 Å². The van der Waals surface area contributed by atoms with E-state index in [1.165, 1.54) is 11.1 Å². The summed E-state index contributed by atoms with van der Waals surface area (Å²) in [7, 11) is 0. The topological polar surface area (TPSA) is 79.0 Å². The van der Waals surface area contributed by atoms with Crippen LogP contribution in [0.3, 0.4) is 0 Å². The zero-order chi connectivity index (χ0) is 18.7. The number of nitrogens with two attached hydrogens (primary N) is 1. The maximum atomic E-state index is 12.6. The molecule has 0 spiro atoms. The van der Waals surface area contributed by atoms with Gasteiger partial charge in [0, 0.05) is 31.2 Å². The summed E-state index contributed by atoms with van der Waals surface area (Å²) >= 11 is 6.03. The molecule has 1 aromatic rings. The zero-order valence-electron chi connectivity index (χ0n) is 15.3. The molecule has 2 N–H and O–H groups in total. The lowest BCUT2D eigenvalue weighted by Gasteiger charge is -2.49. The van der Waals surface area contributed by atoms with E-state index >= 15 is 0 Å². The average molecular weight is 379 g/mol. The first-order chi connectivity index (χ1) is 12.4. The summed E-state index contributed by atoms with van der Waals surface area (Å²) in [5.41, 5.74) is 8.30. The fourth-order valence-corrected chi connectivity index (χ4v) is 4.23. The van der Waals surface area contributed by atoms with Gasteiger partial charge in [0.2, 0.25) is 0 Å². The summed E-state index contributed by atoms with van der Waals surface area (Å²) in [4.78, 5) is 26.6. The largest absolute Gasteiger partial charge is 0.325 e. The fourth-order valence-electron chi connectivity index (χ4n) is 4.00. The quantitative estimate of drug-likeness (QED) is 0.799. The van der Waals surface area contributed by atoms with E-state index in [0.717, 1.165) is 37.4 Å². The number of halogens is 1. The van der Waals surface area contributed by atoms with Crippen LogP contribution in [0.15, 0.2) is 23.4 Å². The molecule has 2 amide bonds. The van der Waals surface area contributed by atoms with Crippen LogP contribution in [0.4, 0.5) is 4.79 Å². The predicted molar refractivity (Wildman–Crippen MR) is 103 cm³/mol. The SMILES string of the molecule is Cc1cc(Cl)ccc1CC1CCN(C(=O)N2CC(N)(CCN=O)C2)CC1. The molecule has 0 aliphatic carbocycles. The standard InChI is InChI=1S/C19H27ClN4O2/c1-14-10-17(20)3-2-16(14)11-15-4-8-23(9-5-15)18(25)24-12-19(21,13-24)6-7-22-26/h2-3,10,15H,4-9,11-13,21H2,1H3. The lowest BCUT2D eigenvalue weighted by Crippen LogP contribution is -2.70. The Morgan fingerprint density at radius 3 is 2.62 bits per heavy atom. The summed E-state index contributed by atoms with van der Waals surface area (Å²) < 4.78 is 0. The number of hydrogen-bond donors (Lipinski definition) is 1. The number of benzene rings is 1. The molecule has 2 heterocycles. The number of carbonyl (C=O) groups excluding carboxylic acids is 1. The lowest BCUT2D eigenvalue weighted by atomic mass is 9.87. The molecule has 26 heavy (non-hydrogen) atoms. The van der Waals surface area contributed by atoms with E-state index in [1.807, 2.05) is 17.0 Å². The van der Waals surface area contributed by atoms with E-state index in [9.17, 15) is 9.70 Å². The third kappa shape index (κ3) is 4.35. The molecular weight excluding hydrogens is 352 g/mol. The number of rotatable bonds is 5. The van der Waals surface area contributed by atoms with Crippen molar-refractivity contribution in [1.29, 1.82) is 0 Å². The van der Waals surface area contributed by atoms with E-state index in [0.29, 0.717) is 25.4 Å². The molecule has 2 aliphatic heterocycles. The second-order valence-electron chi connectivity index (χ2n) is 7.81. The molecule has 0 atom stereocenters. The third-order valence-electron chi connectivity index (χ3n) is 5.68. The summed E-state index contributed by atoms with van der Waals surface area (Å²) in [5, 5.41) is 3.64. The Balaban J connectivity index is 1.45. The lowest BCUT2D eigenvalue weighted by molar-refractivity contribution is 0.0607. The fraction of sp³-hybridized carbons (Fsp3) is 0.632. The van der Waals surface area contributed by atoms with Gasteiger partial charge in [-0.25, -0.2) is 4.79 Å². The molecule has 2 aliphatic rings. The van der Waals surface area contributed by atoms with E-state index in [-0.39, 0.29) is 12.6 Å². The van der Waals surface area contributed by atoms with E-state index in [4.69, 9.17) is 17.3 Å². The van der Waals surface area contributed by atoms with Crippen LogP contribution in [0.5, 0.6) is 0 Å². The van der Waals surface area contributed by atoms with Crippen LogP contribution in [0.25, 0.3) is 0 Å². The summed E-state index contributed by atoms with van der Waals surface area (Å²) in [6.07, 6.45) is 3.62. The van der Waals surface area contributed by atoms with Gasteiger partial charge in [-0.2, -0.15) is 4.91 Å². The van der Waals surface area contributed by atoms with E-state index in [1.54, 1.807) is 4.90 Å². The van der Waals surface area contributed by atoms with Gasteiger partial charge >= 0.3 is 6.03 Å². The second kappa shape index (κ2) is 7.92. The molecule has 2 fully saturated rings. The van der Waals surface area contributed by atoms with Crippen molar-refractivity contribution in [2.75, 3.05) is 32.7 Å². The monoisotopic (exact) mass is 378 g/mol. The highest BCUT2D eigenvalue weighted by molar-refractivity contribution is 6.30. The minimum Gasteiger partial charge on any atom is -0.325 e. The first kappa shape index (κ1) is 19.1. The van der Waals surface area contributed by atoms with Gasteiger partial charge in [-0.1, -0.05) is 22.8 Å². The highest BCUT2D eigenvalue weighted by Crippen LogP contribution is 2.28. The second-order valence-corrected chi connectivity index (χ2v) is 8.25. The number of nitroso groups, excluding NO2 is 1. The summed E-state index contributed by atoms with van der Waals surface area (Å²) in [6, 6.07) is 6.15. The van der Waals surface area contributed by atoms with Gasteiger partial charge in [0.05, 0.1) is 12.1 Å². The van der Waals surface area contributed by atoms with Crippen LogP contribution in [0.1, 0.15) is 30.4 Å². The Labute approximate surface area is 159 Å². The first-order valence-corrected chi connectivity index (χ1v) is 9.65. The zero-order valence-corrected chi connectivity index (χ0v) is 16.0. The number of carbonyl (C=O) groups is 1. The van der Waals surface area contributed by atoms with Gasteiger partial charge in [-0.3, -0.25) is 0 Å². The van der Waals surface area contributed by atoms with Crippen molar-refractivity contribution < 1.29 is 4.79 Å². The average Bonchev–Trinajstić information content (AvgIpc) is 2.60. The van der Waals surface area contributed by atoms with Crippen molar-refractivity contribution >= 4 is 17.6 Å². The highest BCUT2D eigenvalue weighted by atomic mass is 35.5. The number of piperidine rings is 1. The summed E-state index contributed by atoms with van der Waals surface area (Å²) in [5.74, 6) is 0.600. The van der Waals surface area contributed by atoms with Gasteiger partial charge in [-0.15, -0.1) is 0 Å². The van der Waals surface area contributed by atoms with Crippen molar-refractivity contribution in [2.45, 2.75) is 38.1 Å². The van der Waals surface area contributed by atoms with E-state index < -0.39 is 5.54 Å². The Kier molecular flexibility index (Phi) is 5.82. The Hall–Kier alpha value is -1.66. The van der Waals surface area contributed by atoms with Crippen LogP contribution in [-0.2, 0) is 6.42 Å². The highest BCUT2D eigenvalue weighted by Gasteiger charge is 2.43. The van der Waals surface area contributed by atoms with Gasteiger partial charge in [-0.05, 0) is 61.8 Å². The van der Waals surface area contributed by atoms with Crippen LogP contribution in [0, 0.1) is 17.7 Å². The minimum absolute atomic E-state index is 0.0752. The maximum Gasteiger partial charge on any atom is 0.320 e. The van der Waals surface area contributed by atoms with Crippen LogP contribution < -0.4 is 5.73 Å². The normalized spacial score (nSPS) is 20.0. The van der Waals surface area contributed by atoms with Gasteiger partial charge in [0.15, 0.2) is 0 Å². The maximum absolute atomic E-state index is 12.6. The van der Waals surface area contributed by atoms with Crippen LogP contribution >= 0.6 is 11.6 Å². The smallest absolute Gasteiger partial charge is 0.320 e. The van der Waals surface area contributed by atoms with Crippen molar-refractivity contribution in [1.82, 2.24) is 9.80 Å². The molecule has 0 saturated carbocycles. The van der Waals surface area contributed by atoms with Crippen molar-refractivity contribution in [3.8, 4) is 0 Å². The Morgan fingerprint density at radius 1 is 1.31 bits per heavy atom. The number of likely N-dealkylation sites (tertiary alicyclic amines) is 2. The van der Waals surface area contributed by atoms with E-state index in [2.05, 4.69) is 18.2 Å². The number of nitrogens with zero attached hydrogens (tertiary/aromatic N) is 3. The van der Waals surface area contributed by atoms with Crippen molar-refractivity contribution in [3.05, 3.63) is 39.3 Å². The van der Waals surface area contributed by atoms with Gasteiger partial charge in [0.25, 0.3) is 0 Å². The van der Waals surface area contributed by atoms with Crippen LogP contribution in [-0.4, -0.2) is 54.1 Å². The van der Waals surface area contributed by atoms with Gasteiger partial charge < -0.3 is 15.5 Å². The number of aryl methyl sites for hydroxylation is 1.